The predicted octanol–water partition coefficient (Wildman–Crippen LogP) is 2.97. The van der Waals surface area contributed by atoms with Crippen molar-refractivity contribution in [2.75, 3.05) is 13.2 Å². The molecule has 1 N–H and O–H groups in total. The van der Waals surface area contributed by atoms with Gasteiger partial charge < -0.3 is 14.4 Å². The number of benzene rings is 1. The Morgan fingerprint density at radius 2 is 2.20 bits per heavy atom. The third kappa shape index (κ3) is 2.82. The van der Waals surface area contributed by atoms with Crippen LogP contribution in [-0.4, -0.2) is 33.8 Å². The number of rotatable bonds is 6. The average Bonchev–Trinajstić information content (AvgIpc) is 2.82. The van der Waals surface area contributed by atoms with Gasteiger partial charge in [-0.05, 0) is 31.0 Å². The van der Waals surface area contributed by atoms with Gasteiger partial charge in [-0.3, -0.25) is 0 Å². The summed E-state index contributed by atoms with van der Waals surface area (Å²) < 4.78 is 7.56. The van der Waals surface area contributed by atoms with Gasteiger partial charge in [-0.25, -0.2) is 9.78 Å². The highest BCUT2D eigenvalue weighted by molar-refractivity contribution is 5.92. The van der Waals surface area contributed by atoms with E-state index in [1.165, 1.54) is 0 Å². The number of imidazole rings is 1. The second-order valence-electron chi connectivity index (χ2n) is 5.13. The van der Waals surface area contributed by atoms with E-state index in [0.29, 0.717) is 19.1 Å². The Labute approximate surface area is 118 Å². The van der Waals surface area contributed by atoms with Crippen molar-refractivity contribution < 1.29 is 14.6 Å². The molecule has 0 aliphatic rings. The van der Waals surface area contributed by atoms with Crippen LogP contribution in [0.15, 0.2) is 24.5 Å². The Bertz CT molecular complexity index is 604. The normalized spacial score (nSPS) is 13.0. The van der Waals surface area contributed by atoms with Crippen LogP contribution in [0.25, 0.3) is 11.0 Å². The van der Waals surface area contributed by atoms with Crippen LogP contribution in [0.1, 0.15) is 37.2 Å². The van der Waals surface area contributed by atoms with Crippen LogP contribution < -0.4 is 0 Å². The second-order valence-corrected chi connectivity index (χ2v) is 5.13. The van der Waals surface area contributed by atoms with Crippen molar-refractivity contribution >= 4 is 17.0 Å². The summed E-state index contributed by atoms with van der Waals surface area (Å²) in [7, 11) is 0. The highest BCUT2D eigenvalue weighted by Crippen LogP contribution is 2.24. The zero-order chi connectivity index (χ0) is 14.7. The average molecular weight is 276 g/mol. The van der Waals surface area contributed by atoms with Crippen LogP contribution in [0.4, 0.5) is 0 Å². The van der Waals surface area contributed by atoms with Gasteiger partial charge in [-0.15, -0.1) is 0 Å². The molecule has 0 spiro atoms. The lowest BCUT2D eigenvalue weighted by Gasteiger charge is -2.23. The largest absolute Gasteiger partial charge is 0.478 e. The molecule has 0 saturated heterocycles. The maximum absolute atomic E-state index is 11.1. The Morgan fingerprint density at radius 1 is 1.45 bits per heavy atom. The zero-order valence-corrected chi connectivity index (χ0v) is 12.0. The van der Waals surface area contributed by atoms with Gasteiger partial charge >= 0.3 is 5.97 Å². The fraction of sp³-hybridized carbons (Fsp3) is 0.467. The lowest BCUT2D eigenvalue weighted by atomic mass is 10.0. The molecule has 2 aromatic rings. The van der Waals surface area contributed by atoms with Gasteiger partial charge in [0.25, 0.3) is 0 Å². The van der Waals surface area contributed by atoms with Crippen LogP contribution in [-0.2, 0) is 4.74 Å². The number of carbonyl (C=O) groups is 1. The molecule has 0 aliphatic heterocycles. The summed E-state index contributed by atoms with van der Waals surface area (Å²) in [6, 6.07) is 5.14. The molecular weight excluding hydrogens is 256 g/mol. The van der Waals surface area contributed by atoms with Gasteiger partial charge in [0, 0.05) is 6.61 Å². The van der Waals surface area contributed by atoms with Gasteiger partial charge in [0.1, 0.15) is 0 Å². The first-order chi connectivity index (χ1) is 9.54. The van der Waals surface area contributed by atoms with Crippen molar-refractivity contribution in [1.82, 2.24) is 9.55 Å². The van der Waals surface area contributed by atoms with Crippen molar-refractivity contribution in [3.8, 4) is 0 Å². The van der Waals surface area contributed by atoms with Crippen molar-refractivity contribution in [3.63, 3.8) is 0 Å². The van der Waals surface area contributed by atoms with Crippen molar-refractivity contribution in [2.24, 2.45) is 5.92 Å². The van der Waals surface area contributed by atoms with Crippen LogP contribution in [0.2, 0.25) is 0 Å². The first kappa shape index (κ1) is 14.5. The number of aromatic nitrogens is 2. The topological polar surface area (TPSA) is 64.4 Å². The summed E-state index contributed by atoms with van der Waals surface area (Å²) in [5.74, 6) is -0.557. The van der Waals surface area contributed by atoms with Gasteiger partial charge in [-0.2, -0.15) is 0 Å². The lowest BCUT2D eigenvalue weighted by Crippen LogP contribution is -2.20. The van der Waals surface area contributed by atoms with E-state index in [1.54, 1.807) is 24.5 Å². The van der Waals surface area contributed by atoms with Crippen LogP contribution >= 0.6 is 0 Å². The standard InChI is InChI=1S/C15H20N2O3/c1-4-20-8-14(10(2)3)17-9-16-12-6-5-11(15(18)19)7-13(12)17/h5-7,9-10,14H,4,8H2,1-3H3,(H,18,19). The zero-order valence-electron chi connectivity index (χ0n) is 12.0. The smallest absolute Gasteiger partial charge is 0.335 e. The lowest BCUT2D eigenvalue weighted by molar-refractivity contribution is 0.0697. The monoisotopic (exact) mass is 276 g/mol. The number of hydrogen-bond acceptors (Lipinski definition) is 3. The molecule has 1 unspecified atom stereocenters. The van der Waals surface area contributed by atoms with Crippen LogP contribution in [0, 0.1) is 5.92 Å². The molecule has 1 heterocycles. The summed E-state index contributed by atoms with van der Waals surface area (Å²) >= 11 is 0. The van der Waals surface area contributed by atoms with Crippen LogP contribution in [0.5, 0.6) is 0 Å². The fourth-order valence-electron chi connectivity index (χ4n) is 2.26. The number of carboxylic acids is 1. The molecule has 1 aromatic carbocycles. The maximum atomic E-state index is 11.1. The third-order valence-corrected chi connectivity index (χ3v) is 3.44. The maximum Gasteiger partial charge on any atom is 0.335 e. The van der Waals surface area contributed by atoms with E-state index < -0.39 is 5.97 Å². The molecule has 5 heteroatoms. The molecule has 0 bridgehead atoms. The van der Waals surface area contributed by atoms with E-state index in [2.05, 4.69) is 18.8 Å². The molecule has 0 amide bonds. The quantitative estimate of drug-likeness (QED) is 0.881. The summed E-state index contributed by atoms with van der Waals surface area (Å²) in [6.45, 7) is 7.46. The first-order valence-corrected chi connectivity index (χ1v) is 6.82. The molecule has 0 fully saturated rings. The summed E-state index contributed by atoms with van der Waals surface area (Å²) in [6.07, 6.45) is 1.76. The SMILES string of the molecule is CCOCC(C(C)C)n1cnc2ccc(C(=O)O)cc21. The predicted molar refractivity (Wildman–Crippen MR) is 77.1 cm³/mol. The van der Waals surface area contributed by atoms with Gasteiger partial charge in [0.05, 0.1) is 35.6 Å². The number of carboxylic acid groups (broad SMARTS) is 1. The minimum Gasteiger partial charge on any atom is -0.478 e. The first-order valence-electron chi connectivity index (χ1n) is 6.82. The molecular formula is C15H20N2O3. The molecule has 5 nitrogen and oxygen atoms in total. The Morgan fingerprint density at radius 3 is 2.80 bits per heavy atom. The fourth-order valence-corrected chi connectivity index (χ4v) is 2.26. The van der Waals surface area contributed by atoms with E-state index in [4.69, 9.17) is 9.84 Å². The van der Waals surface area contributed by atoms with Gasteiger partial charge in [-0.1, -0.05) is 13.8 Å². The molecule has 2 rings (SSSR count). The van der Waals surface area contributed by atoms with Gasteiger partial charge in [0.2, 0.25) is 0 Å². The number of fused-ring (bicyclic) bond motifs is 1. The number of hydrogen-bond donors (Lipinski definition) is 1. The van der Waals surface area contributed by atoms with Crippen LogP contribution in [0.3, 0.4) is 0 Å². The van der Waals surface area contributed by atoms with Crippen molar-refractivity contribution in [1.29, 1.82) is 0 Å². The Hall–Kier alpha value is -1.88. The molecule has 1 atom stereocenters. The Kier molecular flexibility index (Phi) is 4.39. The molecule has 0 radical (unpaired) electrons. The Balaban J connectivity index is 2.45. The van der Waals surface area contributed by atoms with Gasteiger partial charge in [0.15, 0.2) is 0 Å². The third-order valence-electron chi connectivity index (χ3n) is 3.44. The van der Waals surface area contributed by atoms with Crippen molar-refractivity contribution in [3.05, 3.63) is 30.1 Å². The van der Waals surface area contributed by atoms with E-state index in [-0.39, 0.29) is 11.6 Å². The second kappa shape index (κ2) is 6.05. The summed E-state index contributed by atoms with van der Waals surface area (Å²) in [5.41, 5.74) is 1.92. The number of nitrogens with zero attached hydrogens (tertiary/aromatic N) is 2. The van der Waals surface area contributed by atoms with E-state index in [0.717, 1.165) is 11.0 Å². The van der Waals surface area contributed by atoms with E-state index >= 15 is 0 Å². The molecule has 108 valence electrons. The molecule has 0 saturated carbocycles. The van der Waals surface area contributed by atoms with E-state index in [9.17, 15) is 4.79 Å². The number of ether oxygens (including phenoxy) is 1. The highest BCUT2D eigenvalue weighted by atomic mass is 16.5. The summed E-state index contributed by atoms with van der Waals surface area (Å²) in [4.78, 5) is 15.4. The summed E-state index contributed by atoms with van der Waals surface area (Å²) in [5, 5.41) is 9.11. The minimum atomic E-state index is -0.925. The minimum absolute atomic E-state index is 0.143. The number of aromatic carboxylic acids is 1. The van der Waals surface area contributed by atoms with Crippen molar-refractivity contribution in [2.45, 2.75) is 26.8 Å². The highest BCUT2D eigenvalue weighted by Gasteiger charge is 2.18. The molecule has 20 heavy (non-hydrogen) atoms. The van der Waals surface area contributed by atoms with E-state index in [1.807, 2.05) is 11.5 Å². The molecule has 0 aliphatic carbocycles. The molecule has 1 aromatic heterocycles.